The van der Waals surface area contributed by atoms with E-state index in [1.54, 1.807) is 24.3 Å². The van der Waals surface area contributed by atoms with Gasteiger partial charge >= 0.3 is 6.18 Å². The zero-order chi connectivity index (χ0) is 13.3. The van der Waals surface area contributed by atoms with E-state index in [-0.39, 0.29) is 11.4 Å². The number of nitrogens with zero attached hydrogens (tertiary/aromatic N) is 1. The van der Waals surface area contributed by atoms with Gasteiger partial charge in [-0.05, 0) is 18.6 Å². The van der Waals surface area contributed by atoms with Crippen molar-refractivity contribution in [3.63, 3.8) is 0 Å². The number of hydrogen-bond acceptors (Lipinski definition) is 2. The largest absolute Gasteiger partial charge is 0.417 e. The third kappa shape index (κ3) is 2.45. The smallest absolute Gasteiger partial charge is 0.384 e. The highest BCUT2D eigenvalue weighted by Gasteiger charge is 2.34. The summed E-state index contributed by atoms with van der Waals surface area (Å²) in [6, 6.07) is 7.64. The molecule has 0 aliphatic carbocycles. The number of anilines is 1. The predicted octanol–water partition coefficient (Wildman–Crippen LogP) is 3.66. The van der Waals surface area contributed by atoms with E-state index in [1.165, 1.54) is 0 Å². The summed E-state index contributed by atoms with van der Waals surface area (Å²) in [6.07, 6.45) is -3.29. The summed E-state index contributed by atoms with van der Waals surface area (Å²) in [5.74, 6) is -0.141. The standard InChI is InChI=1S/C13H11F3N2/c1-8-2-4-9(5-3-8)10-7-18-12(17)6-11(10)13(14,15)16/h2-7H,1H3,(H2,17,18). The lowest BCUT2D eigenvalue weighted by Crippen LogP contribution is -2.09. The Balaban J connectivity index is 2.60. The second kappa shape index (κ2) is 4.33. The highest BCUT2D eigenvalue weighted by molar-refractivity contribution is 5.68. The molecule has 0 spiro atoms. The van der Waals surface area contributed by atoms with Crippen molar-refractivity contribution in [2.24, 2.45) is 0 Å². The Labute approximate surface area is 102 Å². The van der Waals surface area contributed by atoms with Gasteiger partial charge in [-0.3, -0.25) is 0 Å². The molecule has 5 heteroatoms. The first kappa shape index (κ1) is 12.4. The average molecular weight is 252 g/mol. The Kier molecular flexibility index (Phi) is 2.98. The zero-order valence-electron chi connectivity index (χ0n) is 9.62. The molecule has 0 atom stereocenters. The van der Waals surface area contributed by atoms with Gasteiger partial charge in [-0.25, -0.2) is 4.98 Å². The number of aromatic nitrogens is 1. The van der Waals surface area contributed by atoms with Crippen LogP contribution < -0.4 is 5.73 Å². The Morgan fingerprint density at radius 1 is 1.11 bits per heavy atom. The third-order valence-electron chi connectivity index (χ3n) is 2.59. The molecule has 1 aromatic carbocycles. The molecule has 0 bridgehead atoms. The minimum absolute atomic E-state index is 0.0386. The average Bonchev–Trinajstić information content (AvgIpc) is 2.29. The van der Waals surface area contributed by atoms with Crippen LogP contribution in [0, 0.1) is 6.92 Å². The molecule has 0 saturated heterocycles. The number of benzene rings is 1. The molecule has 2 N–H and O–H groups in total. The number of alkyl halides is 3. The van der Waals surface area contributed by atoms with Gasteiger partial charge in [0, 0.05) is 11.8 Å². The molecule has 0 aliphatic rings. The van der Waals surface area contributed by atoms with Crippen LogP contribution in [0.15, 0.2) is 36.5 Å². The van der Waals surface area contributed by atoms with Crippen molar-refractivity contribution >= 4 is 5.82 Å². The van der Waals surface area contributed by atoms with E-state index in [9.17, 15) is 13.2 Å². The molecular formula is C13H11F3N2. The van der Waals surface area contributed by atoms with E-state index in [2.05, 4.69) is 4.98 Å². The number of hydrogen-bond donors (Lipinski definition) is 1. The van der Waals surface area contributed by atoms with Crippen molar-refractivity contribution in [3.05, 3.63) is 47.7 Å². The number of pyridine rings is 1. The van der Waals surface area contributed by atoms with Crippen LogP contribution in [-0.4, -0.2) is 4.98 Å². The summed E-state index contributed by atoms with van der Waals surface area (Å²) in [6.45, 7) is 1.87. The van der Waals surface area contributed by atoms with E-state index in [0.717, 1.165) is 17.8 Å². The molecule has 0 fully saturated rings. The van der Waals surface area contributed by atoms with Crippen molar-refractivity contribution in [1.29, 1.82) is 0 Å². The number of rotatable bonds is 1. The molecule has 18 heavy (non-hydrogen) atoms. The summed E-state index contributed by atoms with van der Waals surface area (Å²) in [5.41, 5.74) is 6.04. The van der Waals surface area contributed by atoms with Gasteiger partial charge in [0.15, 0.2) is 0 Å². The van der Waals surface area contributed by atoms with Crippen molar-refractivity contribution < 1.29 is 13.2 Å². The van der Waals surface area contributed by atoms with Crippen LogP contribution in [-0.2, 0) is 6.18 Å². The van der Waals surface area contributed by atoms with Gasteiger partial charge in [0.1, 0.15) is 5.82 Å². The highest BCUT2D eigenvalue weighted by atomic mass is 19.4. The van der Waals surface area contributed by atoms with Crippen LogP contribution in [0.5, 0.6) is 0 Å². The molecule has 0 aliphatic heterocycles. The fourth-order valence-corrected chi connectivity index (χ4v) is 1.67. The topological polar surface area (TPSA) is 38.9 Å². The van der Waals surface area contributed by atoms with Gasteiger partial charge in [-0.2, -0.15) is 13.2 Å². The van der Waals surface area contributed by atoms with Crippen molar-refractivity contribution in [2.45, 2.75) is 13.1 Å². The molecule has 1 heterocycles. The Hall–Kier alpha value is -2.04. The highest BCUT2D eigenvalue weighted by Crippen LogP contribution is 2.37. The molecule has 0 saturated carbocycles. The van der Waals surface area contributed by atoms with E-state index in [1.807, 2.05) is 6.92 Å². The van der Waals surface area contributed by atoms with E-state index >= 15 is 0 Å². The number of nitrogen functional groups attached to an aromatic ring is 1. The summed E-state index contributed by atoms with van der Waals surface area (Å²) in [4.78, 5) is 3.73. The van der Waals surface area contributed by atoms with E-state index in [0.29, 0.717) is 5.56 Å². The van der Waals surface area contributed by atoms with Gasteiger partial charge in [0.05, 0.1) is 5.56 Å². The lowest BCUT2D eigenvalue weighted by molar-refractivity contribution is -0.137. The van der Waals surface area contributed by atoms with Gasteiger partial charge in [-0.1, -0.05) is 29.8 Å². The number of halogens is 3. The molecule has 2 nitrogen and oxygen atoms in total. The maximum Gasteiger partial charge on any atom is 0.417 e. The fraction of sp³-hybridized carbons (Fsp3) is 0.154. The first-order chi connectivity index (χ1) is 8.38. The predicted molar refractivity (Wildman–Crippen MR) is 63.8 cm³/mol. The zero-order valence-corrected chi connectivity index (χ0v) is 9.62. The number of nitrogens with two attached hydrogens (primary N) is 1. The normalized spacial score (nSPS) is 11.6. The van der Waals surface area contributed by atoms with Crippen LogP contribution in [0.1, 0.15) is 11.1 Å². The summed E-state index contributed by atoms with van der Waals surface area (Å²) < 4.78 is 38.7. The summed E-state index contributed by atoms with van der Waals surface area (Å²) in [7, 11) is 0. The monoisotopic (exact) mass is 252 g/mol. The third-order valence-corrected chi connectivity index (χ3v) is 2.59. The second-order valence-electron chi connectivity index (χ2n) is 4.02. The Bertz CT molecular complexity index is 559. The quantitative estimate of drug-likeness (QED) is 0.841. The van der Waals surface area contributed by atoms with Crippen LogP contribution in [0.4, 0.5) is 19.0 Å². The van der Waals surface area contributed by atoms with E-state index in [4.69, 9.17) is 5.73 Å². The molecule has 0 unspecified atom stereocenters. The SMILES string of the molecule is Cc1ccc(-c2cnc(N)cc2C(F)(F)F)cc1. The molecule has 0 radical (unpaired) electrons. The van der Waals surface area contributed by atoms with Gasteiger partial charge in [0.2, 0.25) is 0 Å². The lowest BCUT2D eigenvalue weighted by Gasteiger charge is -2.13. The second-order valence-corrected chi connectivity index (χ2v) is 4.02. The summed E-state index contributed by atoms with van der Waals surface area (Å²) in [5, 5.41) is 0. The van der Waals surface area contributed by atoms with Crippen molar-refractivity contribution in [2.75, 3.05) is 5.73 Å². The van der Waals surface area contributed by atoms with Crippen LogP contribution >= 0.6 is 0 Å². The molecule has 2 aromatic rings. The van der Waals surface area contributed by atoms with Crippen LogP contribution in [0.3, 0.4) is 0 Å². The Morgan fingerprint density at radius 2 is 1.72 bits per heavy atom. The summed E-state index contributed by atoms with van der Waals surface area (Å²) >= 11 is 0. The maximum absolute atomic E-state index is 12.9. The minimum atomic E-state index is -4.45. The molecule has 94 valence electrons. The maximum atomic E-state index is 12.9. The van der Waals surface area contributed by atoms with Gasteiger partial charge in [-0.15, -0.1) is 0 Å². The van der Waals surface area contributed by atoms with Gasteiger partial charge < -0.3 is 5.73 Å². The van der Waals surface area contributed by atoms with E-state index < -0.39 is 11.7 Å². The number of aryl methyl sites for hydroxylation is 1. The van der Waals surface area contributed by atoms with Crippen molar-refractivity contribution in [1.82, 2.24) is 4.98 Å². The van der Waals surface area contributed by atoms with Gasteiger partial charge in [0.25, 0.3) is 0 Å². The molecular weight excluding hydrogens is 241 g/mol. The van der Waals surface area contributed by atoms with Crippen LogP contribution in [0.25, 0.3) is 11.1 Å². The lowest BCUT2D eigenvalue weighted by atomic mass is 10.0. The fourth-order valence-electron chi connectivity index (χ4n) is 1.67. The Morgan fingerprint density at radius 3 is 2.28 bits per heavy atom. The molecule has 0 amide bonds. The molecule has 2 rings (SSSR count). The first-order valence-electron chi connectivity index (χ1n) is 5.27. The van der Waals surface area contributed by atoms with Crippen molar-refractivity contribution in [3.8, 4) is 11.1 Å². The first-order valence-corrected chi connectivity index (χ1v) is 5.27. The minimum Gasteiger partial charge on any atom is -0.384 e. The molecule has 1 aromatic heterocycles. The van der Waals surface area contributed by atoms with Crippen LogP contribution in [0.2, 0.25) is 0 Å².